The Labute approximate surface area is 114 Å². The lowest BCUT2D eigenvalue weighted by Gasteiger charge is -2.26. The maximum atomic E-state index is 5.35. The van der Waals surface area contributed by atoms with E-state index < -0.39 is 0 Å². The number of fused-ring (bicyclic) bond motifs is 1. The van der Waals surface area contributed by atoms with Crippen LogP contribution in [0.1, 0.15) is 29.8 Å². The van der Waals surface area contributed by atoms with Crippen LogP contribution in [-0.2, 0) is 24.1 Å². The minimum absolute atomic E-state index is 0.896. The number of aryl methyl sites for hydroxylation is 1. The van der Waals surface area contributed by atoms with Crippen LogP contribution in [0, 0.1) is 0 Å². The number of nitrogens with one attached hydrogen (secondary N) is 2. The van der Waals surface area contributed by atoms with Gasteiger partial charge in [0.05, 0.1) is 18.9 Å². The SMILES string of the molecule is C1Cc2[nH]nc(CNCCCN3CCOCC3)c2C1. The highest BCUT2D eigenvalue weighted by molar-refractivity contribution is 5.29. The summed E-state index contributed by atoms with van der Waals surface area (Å²) in [5.41, 5.74) is 4.07. The molecule has 0 amide bonds. The van der Waals surface area contributed by atoms with E-state index in [1.807, 2.05) is 0 Å². The van der Waals surface area contributed by atoms with Gasteiger partial charge in [0, 0.05) is 25.3 Å². The molecule has 0 aromatic carbocycles. The molecule has 0 saturated carbocycles. The van der Waals surface area contributed by atoms with Gasteiger partial charge in [-0.15, -0.1) is 0 Å². The number of aromatic nitrogens is 2. The summed E-state index contributed by atoms with van der Waals surface area (Å²) in [6.07, 6.45) is 4.87. The third-order valence-electron chi connectivity index (χ3n) is 4.12. The number of rotatable bonds is 6. The van der Waals surface area contributed by atoms with Gasteiger partial charge >= 0.3 is 0 Å². The van der Waals surface area contributed by atoms with E-state index in [0.717, 1.165) is 39.4 Å². The van der Waals surface area contributed by atoms with Crippen LogP contribution in [0.3, 0.4) is 0 Å². The van der Waals surface area contributed by atoms with Gasteiger partial charge in [0.1, 0.15) is 0 Å². The highest BCUT2D eigenvalue weighted by Gasteiger charge is 2.17. The molecule has 0 unspecified atom stereocenters. The van der Waals surface area contributed by atoms with E-state index in [0.29, 0.717) is 0 Å². The summed E-state index contributed by atoms with van der Waals surface area (Å²) in [5.74, 6) is 0. The van der Waals surface area contributed by atoms with E-state index in [4.69, 9.17) is 4.74 Å². The Morgan fingerprint density at radius 1 is 1.26 bits per heavy atom. The summed E-state index contributed by atoms with van der Waals surface area (Å²) in [6, 6.07) is 0. The molecule has 5 nitrogen and oxygen atoms in total. The first-order valence-corrected chi connectivity index (χ1v) is 7.49. The Morgan fingerprint density at radius 2 is 2.16 bits per heavy atom. The summed E-state index contributed by atoms with van der Waals surface area (Å²) in [7, 11) is 0. The molecule has 1 aromatic heterocycles. The van der Waals surface area contributed by atoms with Gasteiger partial charge < -0.3 is 10.1 Å². The van der Waals surface area contributed by atoms with Crippen molar-refractivity contribution in [1.82, 2.24) is 20.4 Å². The van der Waals surface area contributed by atoms with E-state index in [1.165, 1.54) is 49.2 Å². The van der Waals surface area contributed by atoms with Gasteiger partial charge in [-0.05, 0) is 44.3 Å². The van der Waals surface area contributed by atoms with Crippen LogP contribution in [-0.4, -0.2) is 54.5 Å². The second kappa shape index (κ2) is 6.50. The van der Waals surface area contributed by atoms with Crippen molar-refractivity contribution >= 4 is 0 Å². The molecule has 3 rings (SSSR count). The van der Waals surface area contributed by atoms with E-state index in [2.05, 4.69) is 20.4 Å². The molecule has 0 atom stereocenters. The molecule has 19 heavy (non-hydrogen) atoms. The average molecular weight is 264 g/mol. The van der Waals surface area contributed by atoms with Crippen molar-refractivity contribution in [2.45, 2.75) is 32.2 Å². The lowest BCUT2D eigenvalue weighted by molar-refractivity contribution is 0.0374. The fourth-order valence-corrected chi connectivity index (χ4v) is 2.99. The zero-order valence-corrected chi connectivity index (χ0v) is 11.6. The van der Waals surface area contributed by atoms with Crippen LogP contribution in [0.25, 0.3) is 0 Å². The van der Waals surface area contributed by atoms with E-state index in [1.54, 1.807) is 0 Å². The average Bonchev–Trinajstić information content (AvgIpc) is 3.04. The number of aromatic amines is 1. The van der Waals surface area contributed by atoms with E-state index in [9.17, 15) is 0 Å². The number of H-pyrrole nitrogens is 1. The summed E-state index contributed by atoms with van der Waals surface area (Å²) in [4.78, 5) is 2.48. The smallest absolute Gasteiger partial charge is 0.0794 e. The minimum atomic E-state index is 0.896. The second-order valence-electron chi connectivity index (χ2n) is 5.47. The van der Waals surface area contributed by atoms with Gasteiger partial charge in [-0.1, -0.05) is 0 Å². The fraction of sp³-hybridized carbons (Fsp3) is 0.786. The first kappa shape index (κ1) is 13.1. The van der Waals surface area contributed by atoms with Crippen molar-refractivity contribution in [2.24, 2.45) is 0 Å². The van der Waals surface area contributed by atoms with Crippen LogP contribution in [0.15, 0.2) is 0 Å². The van der Waals surface area contributed by atoms with Crippen LogP contribution in [0.4, 0.5) is 0 Å². The minimum Gasteiger partial charge on any atom is -0.379 e. The molecule has 5 heteroatoms. The van der Waals surface area contributed by atoms with Gasteiger partial charge in [0.15, 0.2) is 0 Å². The monoisotopic (exact) mass is 264 g/mol. The molecule has 0 spiro atoms. The maximum Gasteiger partial charge on any atom is 0.0794 e. The summed E-state index contributed by atoms with van der Waals surface area (Å²) in [5, 5.41) is 11.1. The molecule has 0 bridgehead atoms. The Balaban J connectivity index is 1.32. The Morgan fingerprint density at radius 3 is 3.05 bits per heavy atom. The van der Waals surface area contributed by atoms with Crippen molar-refractivity contribution in [3.8, 4) is 0 Å². The van der Waals surface area contributed by atoms with Crippen LogP contribution in [0.5, 0.6) is 0 Å². The number of nitrogens with zero attached hydrogens (tertiary/aromatic N) is 2. The highest BCUT2D eigenvalue weighted by atomic mass is 16.5. The summed E-state index contributed by atoms with van der Waals surface area (Å²) >= 11 is 0. The van der Waals surface area contributed by atoms with Crippen LogP contribution >= 0.6 is 0 Å². The largest absolute Gasteiger partial charge is 0.379 e. The van der Waals surface area contributed by atoms with Gasteiger partial charge in [0.25, 0.3) is 0 Å². The van der Waals surface area contributed by atoms with Crippen LogP contribution in [0.2, 0.25) is 0 Å². The zero-order chi connectivity index (χ0) is 12.9. The fourth-order valence-electron chi connectivity index (χ4n) is 2.99. The number of hydrogen-bond acceptors (Lipinski definition) is 4. The molecule has 1 aliphatic heterocycles. The van der Waals surface area contributed by atoms with Crippen LogP contribution < -0.4 is 5.32 Å². The Kier molecular flexibility index (Phi) is 4.48. The molecule has 2 heterocycles. The third kappa shape index (κ3) is 3.35. The number of hydrogen-bond donors (Lipinski definition) is 2. The topological polar surface area (TPSA) is 53.2 Å². The van der Waals surface area contributed by atoms with Crippen molar-refractivity contribution in [1.29, 1.82) is 0 Å². The molecular weight excluding hydrogens is 240 g/mol. The van der Waals surface area contributed by atoms with E-state index in [-0.39, 0.29) is 0 Å². The molecule has 1 aliphatic carbocycles. The number of morpholine rings is 1. The molecule has 1 fully saturated rings. The normalized spacial score (nSPS) is 19.8. The first-order valence-electron chi connectivity index (χ1n) is 7.49. The summed E-state index contributed by atoms with van der Waals surface area (Å²) in [6.45, 7) is 7.13. The molecule has 0 radical (unpaired) electrons. The van der Waals surface area contributed by atoms with Gasteiger partial charge in [-0.2, -0.15) is 5.10 Å². The van der Waals surface area contributed by atoms with Crippen molar-refractivity contribution in [3.63, 3.8) is 0 Å². The standard InChI is InChI=1S/C14H24N4O/c1-3-12-13(4-1)16-17-14(12)11-15-5-2-6-18-7-9-19-10-8-18/h15H,1-11H2,(H,16,17). The van der Waals surface area contributed by atoms with E-state index >= 15 is 0 Å². The van der Waals surface area contributed by atoms with Crippen molar-refractivity contribution in [3.05, 3.63) is 17.0 Å². The third-order valence-corrected chi connectivity index (χ3v) is 4.12. The quantitative estimate of drug-likeness (QED) is 0.743. The second-order valence-corrected chi connectivity index (χ2v) is 5.47. The molecule has 106 valence electrons. The van der Waals surface area contributed by atoms with Crippen molar-refractivity contribution in [2.75, 3.05) is 39.4 Å². The maximum absolute atomic E-state index is 5.35. The Hall–Kier alpha value is -0.910. The van der Waals surface area contributed by atoms with Gasteiger partial charge in [-0.3, -0.25) is 10.00 Å². The lowest BCUT2D eigenvalue weighted by Crippen LogP contribution is -2.37. The Bertz CT molecular complexity index is 398. The molecule has 1 aromatic rings. The number of ether oxygens (including phenoxy) is 1. The molecule has 2 aliphatic rings. The predicted octanol–water partition coefficient (Wildman–Crippen LogP) is 0.710. The zero-order valence-electron chi connectivity index (χ0n) is 11.6. The molecule has 1 saturated heterocycles. The molecule has 2 N–H and O–H groups in total. The predicted molar refractivity (Wildman–Crippen MR) is 74.2 cm³/mol. The summed E-state index contributed by atoms with van der Waals surface area (Å²) < 4.78 is 5.35. The molecular formula is C14H24N4O. The first-order chi connectivity index (χ1) is 9.43. The highest BCUT2D eigenvalue weighted by Crippen LogP contribution is 2.22. The lowest BCUT2D eigenvalue weighted by atomic mass is 10.2. The van der Waals surface area contributed by atoms with Gasteiger partial charge in [-0.25, -0.2) is 0 Å². The van der Waals surface area contributed by atoms with Gasteiger partial charge in [0.2, 0.25) is 0 Å². The van der Waals surface area contributed by atoms with Crippen molar-refractivity contribution < 1.29 is 4.74 Å².